The number of ether oxygens (including phenoxy) is 2. The summed E-state index contributed by atoms with van der Waals surface area (Å²) in [5, 5.41) is 0. The third kappa shape index (κ3) is 4.96. The van der Waals surface area contributed by atoms with Crippen LogP contribution in [-0.4, -0.2) is 38.7 Å². The molecule has 0 aliphatic heterocycles. The molecule has 0 radical (unpaired) electrons. The van der Waals surface area contributed by atoms with E-state index in [1.165, 1.54) is 11.1 Å². The number of halogens is 2. The van der Waals surface area contributed by atoms with Crippen molar-refractivity contribution in [2.24, 2.45) is 0 Å². The van der Waals surface area contributed by atoms with Crippen LogP contribution in [0.25, 0.3) is 0 Å². The molecule has 0 heterocycles. The van der Waals surface area contributed by atoms with Gasteiger partial charge in [0, 0.05) is 30.9 Å². The van der Waals surface area contributed by atoms with Crippen LogP contribution >= 0.6 is 23.2 Å². The molecule has 0 unspecified atom stereocenters. The monoisotopic (exact) mass is 304 g/mol. The molecule has 0 spiro atoms. The van der Waals surface area contributed by atoms with Crippen molar-refractivity contribution >= 4 is 23.2 Å². The summed E-state index contributed by atoms with van der Waals surface area (Å²) in [5.74, 6) is 0.987. The van der Waals surface area contributed by atoms with Crippen molar-refractivity contribution < 1.29 is 9.47 Å². The molecule has 0 aromatic heterocycles. The maximum atomic E-state index is 6.19. The van der Waals surface area contributed by atoms with E-state index in [1.807, 2.05) is 6.07 Å². The van der Waals surface area contributed by atoms with E-state index in [9.17, 15) is 0 Å². The van der Waals surface area contributed by atoms with Gasteiger partial charge < -0.3 is 9.47 Å². The Kier molecular flexibility index (Phi) is 7.77. The van der Waals surface area contributed by atoms with Crippen LogP contribution in [0.2, 0.25) is 0 Å². The number of rotatable bonds is 9. The maximum absolute atomic E-state index is 6.19. The number of benzene rings is 1. The summed E-state index contributed by atoms with van der Waals surface area (Å²) >= 11 is 12.4. The molecule has 0 aliphatic carbocycles. The van der Waals surface area contributed by atoms with Gasteiger partial charge in [-0.3, -0.25) is 0 Å². The minimum absolute atomic E-state index is 0.220. The fourth-order valence-electron chi connectivity index (χ4n) is 1.95. The van der Waals surface area contributed by atoms with Gasteiger partial charge >= 0.3 is 0 Å². The number of aryl methyl sites for hydroxylation is 1. The predicted molar refractivity (Wildman–Crippen MR) is 81.6 cm³/mol. The van der Waals surface area contributed by atoms with E-state index < -0.39 is 0 Å². The number of hydrogen-bond acceptors (Lipinski definition) is 2. The van der Waals surface area contributed by atoms with Crippen molar-refractivity contribution in [3.8, 4) is 0 Å². The van der Waals surface area contributed by atoms with Gasteiger partial charge in [0.2, 0.25) is 0 Å². The van der Waals surface area contributed by atoms with Crippen LogP contribution in [0.5, 0.6) is 0 Å². The second kappa shape index (κ2) is 8.80. The second-order valence-corrected chi connectivity index (χ2v) is 5.31. The summed E-state index contributed by atoms with van der Waals surface area (Å²) in [4.78, 5) is 0. The molecule has 108 valence electrons. The summed E-state index contributed by atoms with van der Waals surface area (Å²) in [5.41, 5.74) is 2.19. The lowest BCUT2D eigenvalue weighted by Gasteiger charge is -2.30. The van der Waals surface area contributed by atoms with Gasteiger partial charge in [0.25, 0.3) is 0 Å². The van der Waals surface area contributed by atoms with E-state index in [1.54, 1.807) is 7.11 Å². The van der Waals surface area contributed by atoms with Gasteiger partial charge in [0.15, 0.2) is 0 Å². The molecule has 0 atom stereocenters. The highest BCUT2D eigenvalue weighted by molar-refractivity contribution is 6.22. The third-order valence-electron chi connectivity index (χ3n) is 3.30. The van der Waals surface area contributed by atoms with E-state index >= 15 is 0 Å². The number of hydrogen-bond donors (Lipinski definition) is 0. The molecule has 0 amide bonds. The van der Waals surface area contributed by atoms with E-state index in [-0.39, 0.29) is 5.41 Å². The Balaban J connectivity index is 2.68. The summed E-state index contributed by atoms with van der Waals surface area (Å²) in [6.45, 7) is 3.92. The molecular formula is C15H22Cl2O2. The zero-order valence-electron chi connectivity index (χ0n) is 11.6. The molecular weight excluding hydrogens is 283 g/mol. The van der Waals surface area contributed by atoms with Crippen LogP contribution in [0.4, 0.5) is 0 Å². The Hall–Kier alpha value is -0.280. The lowest BCUT2D eigenvalue weighted by molar-refractivity contribution is 0.0632. The predicted octanol–water partition coefficient (Wildman–Crippen LogP) is 3.76. The van der Waals surface area contributed by atoms with Gasteiger partial charge in [0.05, 0.1) is 13.2 Å². The van der Waals surface area contributed by atoms with Gasteiger partial charge in [-0.2, -0.15) is 0 Å². The molecule has 0 N–H and O–H groups in total. The highest BCUT2D eigenvalue weighted by Crippen LogP contribution is 2.31. The molecule has 19 heavy (non-hydrogen) atoms. The first kappa shape index (κ1) is 16.8. The zero-order chi connectivity index (χ0) is 14.1. The lowest BCUT2D eigenvalue weighted by atomic mass is 9.81. The summed E-state index contributed by atoms with van der Waals surface area (Å²) < 4.78 is 10.5. The van der Waals surface area contributed by atoms with Gasteiger partial charge in [-0.25, -0.2) is 0 Å². The lowest BCUT2D eigenvalue weighted by Crippen LogP contribution is -2.32. The van der Waals surface area contributed by atoms with Crippen molar-refractivity contribution in [2.45, 2.75) is 18.8 Å². The fourth-order valence-corrected chi connectivity index (χ4v) is 2.82. The molecule has 0 fully saturated rings. The van der Waals surface area contributed by atoms with Gasteiger partial charge in [0.1, 0.15) is 0 Å². The van der Waals surface area contributed by atoms with Gasteiger partial charge in [-0.1, -0.05) is 29.8 Å². The van der Waals surface area contributed by atoms with Gasteiger partial charge in [-0.05, 0) is 18.9 Å². The fraction of sp³-hybridized carbons (Fsp3) is 0.600. The number of methoxy groups -OCH3 is 1. The van der Waals surface area contributed by atoms with Gasteiger partial charge in [-0.15, -0.1) is 23.2 Å². The normalized spacial score (nSPS) is 11.8. The first-order chi connectivity index (χ1) is 9.18. The maximum Gasteiger partial charge on any atom is 0.0700 e. The summed E-state index contributed by atoms with van der Waals surface area (Å²) in [6, 6.07) is 8.36. The highest BCUT2D eigenvalue weighted by Gasteiger charge is 2.30. The van der Waals surface area contributed by atoms with Crippen LogP contribution in [0.15, 0.2) is 24.3 Å². The molecule has 0 saturated heterocycles. The molecule has 2 nitrogen and oxygen atoms in total. The van der Waals surface area contributed by atoms with Crippen LogP contribution in [-0.2, 0) is 14.9 Å². The molecule has 1 aromatic carbocycles. The Labute approximate surface area is 126 Å². The minimum Gasteiger partial charge on any atom is -0.382 e. The molecule has 4 heteroatoms. The quantitative estimate of drug-likeness (QED) is 0.511. The molecule has 0 saturated carbocycles. The van der Waals surface area contributed by atoms with E-state index in [0.717, 1.165) is 6.42 Å². The van der Waals surface area contributed by atoms with Crippen LogP contribution in [0.3, 0.4) is 0 Å². The molecule has 0 bridgehead atoms. The SMILES string of the molecule is COCCOCCC(CCl)(CCl)c1cccc(C)c1. The average Bonchev–Trinajstić information content (AvgIpc) is 2.43. The number of alkyl halides is 2. The van der Waals surface area contributed by atoms with Crippen molar-refractivity contribution in [3.05, 3.63) is 35.4 Å². The Morgan fingerprint density at radius 3 is 2.42 bits per heavy atom. The van der Waals surface area contributed by atoms with E-state index in [2.05, 4.69) is 25.1 Å². The van der Waals surface area contributed by atoms with Crippen molar-refractivity contribution in [2.75, 3.05) is 38.7 Å². The van der Waals surface area contributed by atoms with Crippen LogP contribution < -0.4 is 0 Å². The van der Waals surface area contributed by atoms with E-state index in [4.69, 9.17) is 32.7 Å². The zero-order valence-corrected chi connectivity index (χ0v) is 13.1. The van der Waals surface area contributed by atoms with Crippen LogP contribution in [0.1, 0.15) is 17.5 Å². The Morgan fingerprint density at radius 1 is 1.11 bits per heavy atom. The van der Waals surface area contributed by atoms with Crippen molar-refractivity contribution in [1.29, 1.82) is 0 Å². The second-order valence-electron chi connectivity index (χ2n) is 4.77. The Morgan fingerprint density at radius 2 is 1.84 bits per heavy atom. The summed E-state index contributed by atoms with van der Waals surface area (Å²) in [7, 11) is 1.66. The van der Waals surface area contributed by atoms with Crippen molar-refractivity contribution in [1.82, 2.24) is 0 Å². The standard InChI is InChI=1S/C15H22Cl2O2/c1-13-4-3-5-14(10-13)15(11-16,12-17)6-7-19-9-8-18-2/h3-5,10H,6-9,11-12H2,1-2H3. The topological polar surface area (TPSA) is 18.5 Å². The highest BCUT2D eigenvalue weighted by atomic mass is 35.5. The first-order valence-electron chi connectivity index (χ1n) is 6.44. The minimum atomic E-state index is -0.220. The Bertz CT molecular complexity index is 365. The van der Waals surface area contributed by atoms with E-state index in [0.29, 0.717) is 31.6 Å². The first-order valence-corrected chi connectivity index (χ1v) is 7.51. The average molecular weight is 305 g/mol. The summed E-state index contributed by atoms with van der Waals surface area (Å²) in [6.07, 6.45) is 0.813. The largest absolute Gasteiger partial charge is 0.382 e. The van der Waals surface area contributed by atoms with Crippen LogP contribution in [0, 0.1) is 6.92 Å². The smallest absolute Gasteiger partial charge is 0.0700 e. The molecule has 0 aliphatic rings. The van der Waals surface area contributed by atoms with Crippen molar-refractivity contribution in [3.63, 3.8) is 0 Å². The molecule has 1 aromatic rings. The molecule has 1 rings (SSSR count). The third-order valence-corrected chi connectivity index (χ3v) is 4.32.